The lowest BCUT2D eigenvalue weighted by molar-refractivity contribution is 0.274. The van der Waals surface area contributed by atoms with Crippen molar-refractivity contribution in [1.29, 1.82) is 0 Å². The Bertz CT molecular complexity index is 158. The van der Waals surface area contributed by atoms with Crippen molar-refractivity contribution in [3.8, 4) is 0 Å². The second-order valence-corrected chi connectivity index (χ2v) is 5.07. The first-order valence-electron chi connectivity index (χ1n) is 4.77. The molecular weight excluding hydrogens is 168 g/mol. The maximum Gasteiger partial charge on any atom is 0.0499 e. The number of likely N-dealkylation sites (tertiary alicyclic amines) is 2. The fraction of sp³-hybridized carbons (Fsp3) is 1.00. The van der Waals surface area contributed by atoms with Gasteiger partial charge in [0.25, 0.3) is 0 Å². The molecule has 2 aliphatic rings. The van der Waals surface area contributed by atoms with Crippen LogP contribution in [0.2, 0.25) is 0 Å². The summed E-state index contributed by atoms with van der Waals surface area (Å²) in [4.78, 5) is 4.95. The van der Waals surface area contributed by atoms with Gasteiger partial charge in [-0.05, 0) is 25.8 Å². The van der Waals surface area contributed by atoms with Gasteiger partial charge in [-0.15, -0.1) is 0 Å². The van der Waals surface area contributed by atoms with Crippen molar-refractivity contribution in [2.24, 2.45) is 11.8 Å². The first-order chi connectivity index (χ1) is 5.66. The minimum atomic E-state index is 0.445. The number of rotatable bonds is 1. The molecule has 70 valence electrons. The Morgan fingerprint density at radius 1 is 1.17 bits per heavy atom. The second-order valence-electron chi connectivity index (χ2n) is 4.33. The van der Waals surface area contributed by atoms with Crippen LogP contribution in [-0.4, -0.2) is 48.4 Å². The Balaban J connectivity index is 1.93. The van der Waals surface area contributed by atoms with Gasteiger partial charge in [0, 0.05) is 31.6 Å². The van der Waals surface area contributed by atoms with E-state index in [0.717, 1.165) is 11.8 Å². The lowest BCUT2D eigenvalue weighted by Crippen LogP contribution is -2.30. The van der Waals surface area contributed by atoms with Crippen molar-refractivity contribution < 1.29 is 0 Å². The summed E-state index contributed by atoms with van der Waals surface area (Å²) in [5, 5.41) is 0.445. The zero-order valence-electron chi connectivity index (χ0n) is 7.90. The summed E-state index contributed by atoms with van der Waals surface area (Å²) >= 11 is 4.47. The van der Waals surface area contributed by atoms with Crippen LogP contribution in [0, 0.1) is 11.8 Å². The van der Waals surface area contributed by atoms with Crippen LogP contribution in [0.25, 0.3) is 0 Å². The highest BCUT2D eigenvalue weighted by Crippen LogP contribution is 2.31. The molecule has 12 heavy (non-hydrogen) atoms. The van der Waals surface area contributed by atoms with Gasteiger partial charge in [0.15, 0.2) is 0 Å². The maximum absolute atomic E-state index is 4.47. The molecule has 0 N–H and O–H groups in total. The summed E-state index contributed by atoms with van der Waals surface area (Å²) in [5.74, 6) is 1.84. The topological polar surface area (TPSA) is 6.48 Å². The van der Waals surface area contributed by atoms with E-state index in [2.05, 4.69) is 36.4 Å². The van der Waals surface area contributed by atoms with Gasteiger partial charge in [0.05, 0.1) is 0 Å². The molecule has 2 fully saturated rings. The first kappa shape index (κ1) is 8.85. The predicted molar refractivity (Wildman–Crippen MR) is 54.5 cm³/mol. The molecule has 0 bridgehead atoms. The molecule has 0 radical (unpaired) electrons. The minimum Gasteiger partial charge on any atom is -0.306 e. The zero-order valence-corrected chi connectivity index (χ0v) is 8.80. The van der Waals surface area contributed by atoms with E-state index >= 15 is 0 Å². The smallest absolute Gasteiger partial charge is 0.0499 e. The van der Waals surface area contributed by atoms with E-state index in [-0.39, 0.29) is 0 Å². The van der Waals surface area contributed by atoms with Crippen LogP contribution in [0.15, 0.2) is 0 Å². The highest BCUT2D eigenvalue weighted by molar-refractivity contribution is 7.80. The van der Waals surface area contributed by atoms with Crippen LogP contribution in [0.5, 0.6) is 0 Å². The van der Waals surface area contributed by atoms with Crippen molar-refractivity contribution in [2.45, 2.75) is 12.3 Å². The average molecular weight is 186 g/mol. The van der Waals surface area contributed by atoms with Crippen LogP contribution in [0.3, 0.4) is 0 Å². The van der Waals surface area contributed by atoms with Crippen LogP contribution in [0.1, 0.15) is 6.92 Å². The van der Waals surface area contributed by atoms with Gasteiger partial charge < -0.3 is 4.90 Å². The molecule has 0 saturated carbocycles. The number of hydrogen-bond acceptors (Lipinski definition) is 3. The first-order valence-corrected chi connectivity index (χ1v) is 5.29. The van der Waals surface area contributed by atoms with Gasteiger partial charge in [-0.2, -0.15) is 12.6 Å². The number of nitrogens with zero attached hydrogens (tertiary/aromatic N) is 2. The van der Waals surface area contributed by atoms with Crippen molar-refractivity contribution >= 4 is 12.6 Å². The average Bonchev–Trinajstić information content (AvgIpc) is 2.42. The fourth-order valence-corrected chi connectivity index (χ4v) is 2.76. The van der Waals surface area contributed by atoms with Gasteiger partial charge in [0.2, 0.25) is 0 Å². The Morgan fingerprint density at radius 3 is 2.08 bits per heavy atom. The Kier molecular flexibility index (Phi) is 2.36. The highest BCUT2D eigenvalue weighted by Gasteiger charge is 2.39. The molecular formula is C9H18N2S. The number of hydrogen-bond donors (Lipinski definition) is 1. The van der Waals surface area contributed by atoms with Crippen molar-refractivity contribution in [3.63, 3.8) is 0 Å². The monoisotopic (exact) mass is 186 g/mol. The Hall–Kier alpha value is 0.270. The van der Waals surface area contributed by atoms with E-state index in [1.54, 1.807) is 0 Å². The van der Waals surface area contributed by atoms with Gasteiger partial charge in [0.1, 0.15) is 0 Å². The van der Waals surface area contributed by atoms with Gasteiger partial charge in [-0.3, -0.25) is 4.90 Å². The number of thiol groups is 1. The lowest BCUT2D eigenvalue weighted by atomic mass is 10.0. The summed E-state index contributed by atoms with van der Waals surface area (Å²) in [6, 6.07) is 0. The molecule has 3 heteroatoms. The minimum absolute atomic E-state index is 0.445. The summed E-state index contributed by atoms with van der Waals surface area (Å²) in [5.41, 5.74) is 0. The SMILES string of the molecule is CC(S)N1CC2CN(C)CC2C1. The van der Waals surface area contributed by atoms with Gasteiger partial charge >= 0.3 is 0 Å². The molecule has 3 atom stereocenters. The van der Waals surface area contributed by atoms with Crippen LogP contribution in [0.4, 0.5) is 0 Å². The molecule has 2 rings (SSSR count). The lowest BCUT2D eigenvalue weighted by Gasteiger charge is -2.21. The fourth-order valence-electron chi connectivity index (χ4n) is 2.57. The molecule has 0 aliphatic carbocycles. The van der Waals surface area contributed by atoms with Crippen molar-refractivity contribution in [1.82, 2.24) is 9.80 Å². The van der Waals surface area contributed by atoms with Gasteiger partial charge in [-0.1, -0.05) is 0 Å². The van der Waals surface area contributed by atoms with E-state index < -0.39 is 0 Å². The van der Waals surface area contributed by atoms with Crippen molar-refractivity contribution in [2.75, 3.05) is 33.2 Å². The second kappa shape index (κ2) is 3.20. The number of fused-ring (bicyclic) bond motifs is 1. The maximum atomic E-state index is 4.47. The third-order valence-corrected chi connectivity index (χ3v) is 3.55. The predicted octanol–water partition coefficient (Wildman–Crippen LogP) is 0.756. The molecule has 2 saturated heterocycles. The molecule has 3 unspecified atom stereocenters. The highest BCUT2D eigenvalue weighted by atomic mass is 32.1. The molecule has 0 amide bonds. The standard InChI is InChI=1S/C9H18N2S/c1-7(12)11-5-8-3-10(2)4-9(8)6-11/h7-9,12H,3-6H2,1-2H3. The van der Waals surface area contributed by atoms with E-state index in [4.69, 9.17) is 0 Å². The summed E-state index contributed by atoms with van der Waals surface area (Å²) < 4.78 is 0. The molecule has 2 heterocycles. The third kappa shape index (κ3) is 1.50. The normalized spacial score (nSPS) is 40.2. The quantitative estimate of drug-likeness (QED) is 0.604. The largest absolute Gasteiger partial charge is 0.306 e. The summed E-state index contributed by atoms with van der Waals surface area (Å²) in [6.07, 6.45) is 0. The molecule has 0 aromatic heterocycles. The third-order valence-electron chi connectivity index (χ3n) is 3.23. The van der Waals surface area contributed by atoms with Crippen molar-refractivity contribution in [3.05, 3.63) is 0 Å². The summed E-state index contributed by atoms with van der Waals surface area (Å²) in [7, 11) is 2.23. The molecule has 0 aromatic rings. The van der Waals surface area contributed by atoms with Crippen LogP contribution >= 0.6 is 12.6 Å². The van der Waals surface area contributed by atoms with E-state index in [0.29, 0.717) is 5.37 Å². The van der Waals surface area contributed by atoms with E-state index in [1.807, 2.05) is 0 Å². The molecule has 0 aromatic carbocycles. The molecule has 2 nitrogen and oxygen atoms in total. The molecule has 2 aliphatic heterocycles. The van der Waals surface area contributed by atoms with E-state index in [1.165, 1.54) is 26.2 Å². The molecule has 0 spiro atoms. The van der Waals surface area contributed by atoms with Crippen LogP contribution < -0.4 is 0 Å². The van der Waals surface area contributed by atoms with Crippen LogP contribution in [-0.2, 0) is 0 Å². The Morgan fingerprint density at radius 2 is 1.67 bits per heavy atom. The Labute approximate surface area is 80.3 Å². The van der Waals surface area contributed by atoms with Gasteiger partial charge in [-0.25, -0.2) is 0 Å². The summed E-state index contributed by atoms with van der Waals surface area (Å²) in [6.45, 7) is 7.29. The zero-order chi connectivity index (χ0) is 8.72. The van der Waals surface area contributed by atoms with E-state index in [9.17, 15) is 0 Å².